The van der Waals surface area contributed by atoms with E-state index in [-0.39, 0.29) is 4.68 Å². The monoisotopic (exact) mass is 282 g/mol. The molecule has 0 saturated heterocycles. The molecule has 0 spiro atoms. The van der Waals surface area contributed by atoms with Gasteiger partial charge in [-0.25, -0.2) is 0 Å². The molecule has 16 heavy (non-hydrogen) atoms. The zero-order valence-electron chi connectivity index (χ0n) is 8.73. The van der Waals surface area contributed by atoms with Crippen molar-refractivity contribution in [3.8, 4) is 10.7 Å². The van der Waals surface area contributed by atoms with Crippen LogP contribution in [0.3, 0.4) is 0 Å². The van der Waals surface area contributed by atoms with Crippen LogP contribution in [0, 0.1) is 10.7 Å². The summed E-state index contributed by atoms with van der Waals surface area (Å²) in [4.78, 5) is 25.0. The first kappa shape index (κ1) is 12.5. The van der Waals surface area contributed by atoms with Crippen molar-refractivity contribution in [1.29, 1.82) is 0 Å². The van der Waals surface area contributed by atoms with Crippen molar-refractivity contribution in [2.75, 3.05) is 6.61 Å². The third-order valence-corrected chi connectivity index (χ3v) is 2.89. The van der Waals surface area contributed by atoms with Crippen molar-refractivity contribution in [2.24, 2.45) is 0 Å². The predicted molar refractivity (Wildman–Crippen MR) is 60.9 cm³/mol. The molecule has 4 heteroatoms. The minimum atomic E-state index is -0.578. The molecule has 0 atom stereocenters. The van der Waals surface area contributed by atoms with Crippen LogP contribution in [0.15, 0.2) is 30.3 Å². The molecular weight excluding hydrogens is 271 g/mol. The van der Waals surface area contributed by atoms with Gasteiger partial charge in [-0.1, -0.05) is 0 Å². The number of carbonyl (C=O) groups excluding carboxylic acids is 2. The molecule has 0 aromatic heterocycles. The molecule has 82 valence electrons. The normalized spacial score (nSPS) is 8.81. The molecule has 0 unspecified atom stereocenters. The molecule has 0 radical (unpaired) electrons. The Kier molecular flexibility index (Phi) is 5.35. The summed E-state index contributed by atoms with van der Waals surface area (Å²) in [6.45, 7) is 2.01. The van der Waals surface area contributed by atoms with Crippen LogP contribution in [0.25, 0.3) is 0 Å². The Morgan fingerprint density at radius 2 is 2.00 bits per heavy atom. The van der Waals surface area contributed by atoms with E-state index in [0.29, 0.717) is 12.2 Å². The van der Waals surface area contributed by atoms with Crippen molar-refractivity contribution in [1.82, 2.24) is 0 Å². The Balaban J connectivity index is 2.50. The Labute approximate surface area is 100 Å². The first-order valence-corrected chi connectivity index (χ1v) is 6.39. The molecular formula is C12H10O3Se. The quantitative estimate of drug-likeness (QED) is 0.472. The second-order valence-corrected chi connectivity index (χ2v) is 4.34. The van der Waals surface area contributed by atoms with Gasteiger partial charge in [0.15, 0.2) is 0 Å². The Morgan fingerprint density at radius 3 is 2.62 bits per heavy atom. The fraction of sp³-hybridized carbons (Fsp3) is 0.167. The summed E-state index contributed by atoms with van der Waals surface area (Å²) in [5.41, 5.74) is 0.626. The maximum atomic E-state index is 11.6. The van der Waals surface area contributed by atoms with Crippen molar-refractivity contribution in [2.45, 2.75) is 6.92 Å². The molecule has 0 bridgehead atoms. The van der Waals surface area contributed by atoms with Crippen molar-refractivity contribution >= 4 is 25.6 Å². The molecule has 1 aromatic rings. The standard InChI is InChI=1S/C12H10O3Se/c1-2-15-11(13)8-9-16-12(14)10-6-4-3-5-7-10/h3-7H,2H2,1H3. The number of rotatable bonds is 3. The fourth-order valence-electron chi connectivity index (χ4n) is 0.914. The Bertz CT molecular complexity index is 429. The van der Waals surface area contributed by atoms with Gasteiger partial charge in [0, 0.05) is 0 Å². The topological polar surface area (TPSA) is 43.4 Å². The molecule has 0 amide bonds. The summed E-state index contributed by atoms with van der Waals surface area (Å²) in [5.74, 6) is 1.70. The van der Waals surface area contributed by atoms with Gasteiger partial charge in [0.2, 0.25) is 0 Å². The molecule has 0 fully saturated rings. The molecule has 1 rings (SSSR count). The number of hydrogen-bond acceptors (Lipinski definition) is 3. The van der Waals surface area contributed by atoms with Gasteiger partial charge in [-0.2, -0.15) is 0 Å². The first-order valence-electron chi connectivity index (χ1n) is 4.68. The molecule has 0 aliphatic rings. The second kappa shape index (κ2) is 6.84. The van der Waals surface area contributed by atoms with E-state index in [1.54, 1.807) is 31.2 Å². The summed E-state index contributed by atoms with van der Waals surface area (Å²) in [6, 6.07) is 8.89. The fourth-order valence-corrected chi connectivity index (χ4v) is 1.92. The number of esters is 1. The summed E-state index contributed by atoms with van der Waals surface area (Å²) < 4.78 is 4.58. The zero-order chi connectivity index (χ0) is 11.8. The van der Waals surface area contributed by atoms with E-state index < -0.39 is 20.9 Å². The molecule has 0 aliphatic heterocycles. The number of benzene rings is 1. The summed E-state index contributed by atoms with van der Waals surface area (Å²) in [6.07, 6.45) is 0. The van der Waals surface area contributed by atoms with E-state index in [4.69, 9.17) is 0 Å². The average molecular weight is 281 g/mol. The molecule has 0 saturated carbocycles. The van der Waals surface area contributed by atoms with Gasteiger partial charge >= 0.3 is 100 Å². The van der Waals surface area contributed by atoms with Crippen molar-refractivity contribution in [3.63, 3.8) is 0 Å². The van der Waals surface area contributed by atoms with E-state index in [9.17, 15) is 9.59 Å². The van der Waals surface area contributed by atoms with Crippen LogP contribution in [-0.4, -0.2) is 32.2 Å². The van der Waals surface area contributed by atoms with E-state index in [1.807, 2.05) is 6.07 Å². The molecule has 3 nitrogen and oxygen atoms in total. The molecule has 1 aromatic carbocycles. The Hall–Kier alpha value is -1.56. The van der Waals surface area contributed by atoms with Crippen LogP contribution >= 0.6 is 0 Å². The van der Waals surface area contributed by atoms with Gasteiger partial charge in [-0.15, -0.1) is 0 Å². The predicted octanol–water partition coefficient (Wildman–Crippen LogP) is 1.06. The maximum absolute atomic E-state index is 11.6. The van der Waals surface area contributed by atoms with Crippen molar-refractivity contribution < 1.29 is 14.3 Å². The van der Waals surface area contributed by atoms with Crippen LogP contribution in [0.4, 0.5) is 0 Å². The average Bonchev–Trinajstić information content (AvgIpc) is 2.30. The van der Waals surface area contributed by atoms with Gasteiger partial charge in [0.05, 0.1) is 0 Å². The van der Waals surface area contributed by atoms with Crippen LogP contribution in [0.5, 0.6) is 0 Å². The summed E-state index contributed by atoms with van der Waals surface area (Å²) >= 11 is -0.534. The number of carbonyl (C=O) groups is 2. The second-order valence-electron chi connectivity index (χ2n) is 2.70. The van der Waals surface area contributed by atoms with E-state index in [1.165, 1.54) is 0 Å². The molecule has 0 aliphatic carbocycles. The van der Waals surface area contributed by atoms with Gasteiger partial charge < -0.3 is 0 Å². The molecule has 0 N–H and O–H groups in total. The summed E-state index contributed by atoms with van der Waals surface area (Å²) in [7, 11) is 0. The van der Waals surface area contributed by atoms with E-state index in [2.05, 4.69) is 15.5 Å². The molecule has 0 heterocycles. The number of hydrogen-bond donors (Lipinski definition) is 0. The zero-order valence-corrected chi connectivity index (χ0v) is 10.4. The van der Waals surface area contributed by atoms with Crippen LogP contribution in [0.2, 0.25) is 0 Å². The minimum absolute atomic E-state index is 0.0371. The van der Waals surface area contributed by atoms with Gasteiger partial charge in [-0.05, 0) is 0 Å². The van der Waals surface area contributed by atoms with Crippen LogP contribution in [0.1, 0.15) is 17.3 Å². The van der Waals surface area contributed by atoms with Gasteiger partial charge in [0.25, 0.3) is 0 Å². The van der Waals surface area contributed by atoms with Gasteiger partial charge in [0.1, 0.15) is 0 Å². The van der Waals surface area contributed by atoms with Gasteiger partial charge in [-0.3, -0.25) is 0 Å². The first-order chi connectivity index (χ1) is 7.74. The van der Waals surface area contributed by atoms with E-state index >= 15 is 0 Å². The van der Waals surface area contributed by atoms with Crippen LogP contribution in [-0.2, 0) is 9.53 Å². The summed E-state index contributed by atoms with van der Waals surface area (Å²) in [5, 5.41) is 0. The SMILES string of the molecule is CCOC(=O)C#C[Se]C(=O)c1ccccc1. The van der Waals surface area contributed by atoms with Crippen LogP contribution < -0.4 is 0 Å². The number of ether oxygens (including phenoxy) is 1. The van der Waals surface area contributed by atoms with Crippen molar-refractivity contribution in [3.05, 3.63) is 35.9 Å². The third kappa shape index (κ3) is 4.31. The third-order valence-electron chi connectivity index (χ3n) is 1.58. The van der Waals surface area contributed by atoms with E-state index in [0.717, 1.165) is 0 Å². The Morgan fingerprint density at radius 1 is 1.31 bits per heavy atom.